The van der Waals surface area contributed by atoms with Crippen molar-refractivity contribution in [1.82, 2.24) is 0 Å². The Bertz CT molecular complexity index is 281. The molecule has 0 spiro atoms. The van der Waals surface area contributed by atoms with Crippen LogP contribution in [0.5, 0.6) is 0 Å². The Labute approximate surface area is 77.9 Å². The van der Waals surface area contributed by atoms with Gasteiger partial charge in [0.25, 0.3) is 0 Å². The van der Waals surface area contributed by atoms with Gasteiger partial charge in [-0.2, -0.15) is 0 Å². The van der Waals surface area contributed by atoms with E-state index in [9.17, 15) is 0 Å². The molecule has 0 unspecified atom stereocenters. The van der Waals surface area contributed by atoms with E-state index in [0.29, 0.717) is 0 Å². The van der Waals surface area contributed by atoms with Gasteiger partial charge >= 0.3 is 0 Å². The van der Waals surface area contributed by atoms with Gasteiger partial charge in [-0.15, -0.1) is 11.8 Å². The third kappa shape index (κ3) is 1.89. The third-order valence-electron chi connectivity index (χ3n) is 1.66. The van der Waals surface area contributed by atoms with Crippen LogP contribution in [0.25, 0.3) is 0 Å². The van der Waals surface area contributed by atoms with E-state index in [1.165, 1.54) is 10.5 Å². The summed E-state index contributed by atoms with van der Waals surface area (Å²) in [7, 11) is 0. The van der Waals surface area contributed by atoms with E-state index >= 15 is 0 Å². The standard InChI is InChI=1S/C10H13NS/c1-4-12-9-7-5-6-8(2)10(9)11-3/h5-7H,3-4H2,1-2H3. The molecule has 0 amide bonds. The highest BCUT2D eigenvalue weighted by molar-refractivity contribution is 7.99. The maximum atomic E-state index is 4.02. The first-order valence-electron chi connectivity index (χ1n) is 3.98. The lowest BCUT2D eigenvalue weighted by Gasteiger charge is -2.05. The van der Waals surface area contributed by atoms with E-state index in [1.807, 2.05) is 0 Å². The van der Waals surface area contributed by atoms with Gasteiger partial charge in [-0.3, -0.25) is 4.99 Å². The summed E-state index contributed by atoms with van der Waals surface area (Å²) in [4.78, 5) is 5.25. The molecular formula is C10H13NS. The van der Waals surface area contributed by atoms with Crippen molar-refractivity contribution in [3.8, 4) is 0 Å². The van der Waals surface area contributed by atoms with Crippen molar-refractivity contribution in [2.75, 3.05) is 5.75 Å². The minimum Gasteiger partial charge on any atom is -0.263 e. The maximum Gasteiger partial charge on any atom is 0.0787 e. The molecule has 1 rings (SSSR count). The summed E-state index contributed by atoms with van der Waals surface area (Å²) in [5.74, 6) is 1.08. The van der Waals surface area contributed by atoms with E-state index in [2.05, 4.69) is 43.8 Å². The maximum absolute atomic E-state index is 4.02. The Kier molecular flexibility index (Phi) is 3.35. The largest absolute Gasteiger partial charge is 0.263 e. The smallest absolute Gasteiger partial charge is 0.0787 e. The quantitative estimate of drug-likeness (QED) is 0.511. The molecule has 0 saturated heterocycles. The van der Waals surface area contributed by atoms with Crippen molar-refractivity contribution in [2.45, 2.75) is 18.7 Å². The lowest BCUT2D eigenvalue weighted by atomic mass is 10.2. The first kappa shape index (κ1) is 9.33. The zero-order chi connectivity index (χ0) is 8.97. The number of benzene rings is 1. The Morgan fingerprint density at radius 2 is 2.25 bits per heavy atom. The number of hydrogen-bond donors (Lipinski definition) is 0. The second kappa shape index (κ2) is 4.31. The molecule has 0 bridgehead atoms. The Balaban J connectivity index is 3.09. The van der Waals surface area contributed by atoms with Crippen LogP contribution in [0.15, 0.2) is 28.1 Å². The number of aliphatic imine (C=N–C) groups is 1. The van der Waals surface area contributed by atoms with Crippen LogP contribution in [0, 0.1) is 6.92 Å². The van der Waals surface area contributed by atoms with Crippen molar-refractivity contribution in [3.63, 3.8) is 0 Å². The Morgan fingerprint density at radius 3 is 2.83 bits per heavy atom. The SMILES string of the molecule is C=Nc1c(C)cccc1SCC. The molecule has 12 heavy (non-hydrogen) atoms. The van der Waals surface area contributed by atoms with E-state index in [0.717, 1.165) is 11.4 Å². The topological polar surface area (TPSA) is 12.4 Å². The van der Waals surface area contributed by atoms with Crippen LogP contribution in [0.4, 0.5) is 5.69 Å². The normalized spacial score (nSPS) is 9.83. The van der Waals surface area contributed by atoms with Crippen molar-refractivity contribution in [3.05, 3.63) is 23.8 Å². The first-order valence-corrected chi connectivity index (χ1v) is 4.97. The summed E-state index contributed by atoms with van der Waals surface area (Å²) < 4.78 is 0. The van der Waals surface area contributed by atoms with Gasteiger partial charge in [0.15, 0.2) is 0 Å². The molecule has 0 saturated carbocycles. The molecular weight excluding hydrogens is 166 g/mol. The molecule has 1 aromatic carbocycles. The molecule has 0 aliphatic carbocycles. The van der Waals surface area contributed by atoms with Gasteiger partial charge in [0, 0.05) is 4.90 Å². The highest BCUT2D eigenvalue weighted by atomic mass is 32.2. The molecule has 0 heterocycles. The number of para-hydroxylation sites is 1. The van der Waals surface area contributed by atoms with Gasteiger partial charge < -0.3 is 0 Å². The summed E-state index contributed by atoms with van der Waals surface area (Å²) >= 11 is 1.81. The predicted octanol–water partition coefficient (Wildman–Crippen LogP) is 3.44. The molecule has 0 N–H and O–H groups in total. The number of hydrogen-bond acceptors (Lipinski definition) is 2. The van der Waals surface area contributed by atoms with E-state index in [1.54, 1.807) is 11.8 Å². The van der Waals surface area contributed by atoms with Crippen molar-refractivity contribution in [1.29, 1.82) is 0 Å². The zero-order valence-corrected chi connectivity index (χ0v) is 8.32. The second-order valence-electron chi connectivity index (χ2n) is 2.51. The van der Waals surface area contributed by atoms with Gasteiger partial charge in [0.2, 0.25) is 0 Å². The fraction of sp³-hybridized carbons (Fsp3) is 0.300. The minimum atomic E-state index is 1.03. The summed E-state index contributed by atoms with van der Waals surface area (Å²) in [6.07, 6.45) is 0. The van der Waals surface area contributed by atoms with Crippen LogP contribution in [0.3, 0.4) is 0 Å². The second-order valence-corrected chi connectivity index (χ2v) is 3.82. The summed E-state index contributed by atoms with van der Waals surface area (Å²) in [6.45, 7) is 7.77. The highest BCUT2D eigenvalue weighted by Gasteiger charge is 2.01. The molecule has 1 nitrogen and oxygen atoms in total. The van der Waals surface area contributed by atoms with Gasteiger partial charge in [-0.1, -0.05) is 19.1 Å². The van der Waals surface area contributed by atoms with Crippen LogP contribution in [0.2, 0.25) is 0 Å². The number of thioether (sulfide) groups is 1. The molecule has 0 aliphatic heterocycles. The summed E-state index contributed by atoms with van der Waals surface area (Å²) in [6, 6.07) is 6.21. The fourth-order valence-electron chi connectivity index (χ4n) is 1.11. The Morgan fingerprint density at radius 1 is 1.50 bits per heavy atom. The summed E-state index contributed by atoms with van der Waals surface area (Å²) in [5, 5.41) is 0. The third-order valence-corrected chi connectivity index (χ3v) is 2.59. The fourth-order valence-corrected chi connectivity index (χ4v) is 1.95. The van der Waals surface area contributed by atoms with Gasteiger partial charge in [-0.05, 0) is 31.0 Å². The van der Waals surface area contributed by atoms with Gasteiger partial charge in [0.1, 0.15) is 0 Å². The number of rotatable bonds is 3. The highest BCUT2D eigenvalue weighted by Crippen LogP contribution is 2.31. The minimum absolute atomic E-state index is 1.03. The molecule has 0 aliphatic rings. The first-order chi connectivity index (χ1) is 5.79. The van der Waals surface area contributed by atoms with Crippen molar-refractivity contribution < 1.29 is 0 Å². The molecule has 0 fully saturated rings. The number of aryl methyl sites for hydroxylation is 1. The van der Waals surface area contributed by atoms with Crippen molar-refractivity contribution in [2.24, 2.45) is 4.99 Å². The van der Waals surface area contributed by atoms with E-state index < -0.39 is 0 Å². The molecule has 1 aromatic rings. The molecule has 0 atom stereocenters. The predicted molar refractivity (Wildman–Crippen MR) is 56.8 cm³/mol. The zero-order valence-electron chi connectivity index (χ0n) is 7.50. The van der Waals surface area contributed by atoms with E-state index in [-0.39, 0.29) is 0 Å². The Hall–Kier alpha value is -0.760. The average molecular weight is 179 g/mol. The average Bonchev–Trinajstić information content (AvgIpc) is 2.05. The van der Waals surface area contributed by atoms with Gasteiger partial charge in [0.05, 0.1) is 5.69 Å². The molecule has 2 heteroatoms. The van der Waals surface area contributed by atoms with E-state index in [4.69, 9.17) is 0 Å². The lowest BCUT2D eigenvalue weighted by Crippen LogP contribution is -1.78. The van der Waals surface area contributed by atoms with Crippen LogP contribution < -0.4 is 0 Å². The molecule has 0 radical (unpaired) electrons. The van der Waals surface area contributed by atoms with Gasteiger partial charge in [-0.25, -0.2) is 0 Å². The lowest BCUT2D eigenvalue weighted by molar-refractivity contribution is 1.31. The van der Waals surface area contributed by atoms with Crippen LogP contribution in [0.1, 0.15) is 12.5 Å². The monoisotopic (exact) mass is 179 g/mol. The number of nitrogens with zero attached hydrogens (tertiary/aromatic N) is 1. The molecule has 0 aromatic heterocycles. The van der Waals surface area contributed by atoms with Crippen molar-refractivity contribution >= 4 is 24.2 Å². The summed E-state index contributed by atoms with van der Waals surface area (Å²) in [5.41, 5.74) is 2.23. The van der Waals surface area contributed by atoms with Crippen LogP contribution in [-0.2, 0) is 0 Å². The van der Waals surface area contributed by atoms with Crippen LogP contribution in [-0.4, -0.2) is 12.5 Å². The van der Waals surface area contributed by atoms with Crippen LogP contribution >= 0.6 is 11.8 Å². The molecule has 64 valence electrons.